The molecule has 0 radical (unpaired) electrons. The van der Waals surface area contributed by atoms with Crippen LogP contribution >= 0.6 is 0 Å². The number of carboxylic acids is 1. The van der Waals surface area contributed by atoms with E-state index in [0.29, 0.717) is 45.2 Å². The second kappa shape index (κ2) is 25.5. The number of nitrogens with zero attached hydrogens (tertiary/aromatic N) is 1. The topological polar surface area (TPSA) is 343 Å². The highest BCUT2D eigenvalue weighted by atomic mass is 16.4. The lowest BCUT2D eigenvalue weighted by Gasteiger charge is -2.29. The Kier molecular flexibility index (Phi) is 22.5. The van der Waals surface area contributed by atoms with E-state index in [2.05, 4.69) is 31.9 Å². The molecule has 0 aliphatic carbocycles. The van der Waals surface area contributed by atoms with E-state index in [1.807, 2.05) is 13.8 Å². The smallest absolute Gasteiger partial charge is 0.326 e. The molecule has 1 aliphatic rings. The fourth-order valence-electron chi connectivity index (χ4n) is 6.08. The summed E-state index contributed by atoms with van der Waals surface area (Å²) in [6.45, 7) is 7.81. The summed E-state index contributed by atoms with van der Waals surface area (Å²) in [5.41, 5.74) is 22.5. The third-order valence-corrected chi connectivity index (χ3v) is 9.08. The molecular formula is C35H66N12O8. The summed E-state index contributed by atoms with van der Waals surface area (Å²) < 4.78 is 0. The van der Waals surface area contributed by atoms with Crippen molar-refractivity contribution >= 4 is 47.4 Å². The number of aliphatic carboxylic acids is 1. The van der Waals surface area contributed by atoms with Crippen LogP contribution in [0.4, 0.5) is 0 Å². The van der Waals surface area contributed by atoms with Crippen molar-refractivity contribution in [2.75, 3.05) is 32.7 Å². The van der Waals surface area contributed by atoms with Crippen molar-refractivity contribution in [3.05, 3.63) is 0 Å². The van der Waals surface area contributed by atoms with Crippen LogP contribution in [-0.4, -0.2) is 126 Å². The van der Waals surface area contributed by atoms with Crippen molar-refractivity contribution < 1.29 is 38.7 Å². The van der Waals surface area contributed by atoms with Crippen LogP contribution in [0.25, 0.3) is 0 Å². The lowest BCUT2D eigenvalue weighted by Crippen LogP contribution is -2.58. The first-order chi connectivity index (χ1) is 25.9. The first-order valence-corrected chi connectivity index (χ1v) is 19.2. The van der Waals surface area contributed by atoms with Gasteiger partial charge in [0.15, 0.2) is 5.96 Å². The van der Waals surface area contributed by atoms with Gasteiger partial charge in [-0.3, -0.25) is 34.2 Å². The zero-order valence-corrected chi connectivity index (χ0v) is 32.8. The van der Waals surface area contributed by atoms with Crippen molar-refractivity contribution in [2.24, 2.45) is 34.8 Å². The third kappa shape index (κ3) is 18.1. The van der Waals surface area contributed by atoms with Crippen LogP contribution in [0.1, 0.15) is 91.9 Å². The van der Waals surface area contributed by atoms with E-state index in [1.165, 1.54) is 4.90 Å². The molecule has 6 atom stereocenters. The van der Waals surface area contributed by atoms with Crippen LogP contribution in [0.3, 0.4) is 0 Å². The first kappa shape index (κ1) is 48.5. The molecule has 0 spiro atoms. The summed E-state index contributed by atoms with van der Waals surface area (Å²) in [6.07, 6.45) is 3.86. The molecule has 20 heteroatoms. The van der Waals surface area contributed by atoms with Gasteiger partial charge in [0.05, 0.1) is 12.6 Å². The number of carboxylic acid groups (broad SMARTS) is 1. The Morgan fingerprint density at radius 2 is 1.42 bits per heavy atom. The molecule has 6 amide bonds. The number of likely N-dealkylation sites (tertiary alicyclic amines) is 1. The van der Waals surface area contributed by atoms with Crippen molar-refractivity contribution in [1.29, 1.82) is 5.41 Å². The van der Waals surface area contributed by atoms with Crippen molar-refractivity contribution in [2.45, 2.75) is 128 Å². The number of carbonyl (C=O) groups excluding carboxylic acids is 6. The number of amides is 6. The number of rotatable bonds is 26. The van der Waals surface area contributed by atoms with Gasteiger partial charge in [-0.2, -0.15) is 0 Å². The predicted octanol–water partition coefficient (Wildman–Crippen LogP) is -2.72. The summed E-state index contributed by atoms with van der Waals surface area (Å²) in [5.74, 6) is -5.69. The van der Waals surface area contributed by atoms with Crippen LogP contribution in [0.5, 0.6) is 0 Å². The Labute approximate surface area is 323 Å². The summed E-state index contributed by atoms with van der Waals surface area (Å²) in [4.78, 5) is 92.8. The Bertz CT molecular complexity index is 1300. The lowest BCUT2D eigenvalue weighted by molar-refractivity contribution is -0.142. The molecule has 1 rings (SSSR count). The molecule has 0 unspecified atom stereocenters. The number of guanidine groups is 1. The molecule has 1 aliphatic heterocycles. The average molecular weight is 783 g/mol. The van der Waals surface area contributed by atoms with Crippen molar-refractivity contribution in [1.82, 2.24) is 36.8 Å². The molecule has 20 nitrogen and oxygen atoms in total. The SMILES string of the molecule is CC(C)C[C@H](NC(=O)[C@@H]1CCCN1C(=O)[C@@H](N)CCCCN)C(=O)NCC(=O)N[C@H](C(=O)N[C@@H](CCCNC(=N)N)C(=O)N[C@@H](CCCN)C(=O)O)C(C)C. The number of unbranched alkanes of at least 4 members (excludes halogenated alkanes) is 1. The van der Waals surface area contributed by atoms with Gasteiger partial charge in [-0.05, 0) is 82.7 Å². The van der Waals surface area contributed by atoms with Crippen LogP contribution in [0.15, 0.2) is 0 Å². The summed E-state index contributed by atoms with van der Waals surface area (Å²) in [7, 11) is 0. The largest absolute Gasteiger partial charge is 0.480 e. The highest BCUT2D eigenvalue weighted by Crippen LogP contribution is 2.20. The average Bonchev–Trinajstić information content (AvgIpc) is 3.61. The number of nitrogens with one attached hydrogen (secondary N) is 7. The zero-order chi connectivity index (χ0) is 41.7. The van der Waals surface area contributed by atoms with Gasteiger partial charge in [0.2, 0.25) is 35.4 Å². The highest BCUT2D eigenvalue weighted by Gasteiger charge is 2.38. The summed E-state index contributed by atoms with van der Waals surface area (Å²) >= 11 is 0. The molecular weight excluding hydrogens is 716 g/mol. The number of hydrogen-bond donors (Lipinski definition) is 12. The molecule has 55 heavy (non-hydrogen) atoms. The van der Waals surface area contributed by atoms with Gasteiger partial charge in [0.25, 0.3) is 0 Å². The van der Waals surface area contributed by atoms with Gasteiger partial charge >= 0.3 is 5.97 Å². The Hall–Kier alpha value is -4.56. The predicted molar refractivity (Wildman–Crippen MR) is 206 cm³/mol. The molecule has 0 aromatic rings. The van der Waals surface area contributed by atoms with Crippen LogP contribution in [0.2, 0.25) is 0 Å². The van der Waals surface area contributed by atoms with Crippen molar-refractivity contribution in [3.8, 4) is 0 Å². The van der Waals surface area contributed by atoms with Gasteiger partial charge in [0, 0.05) is 13.1 Å². The fourth-order valence-corrected chi connectivity index (χ4v) is 6.08. The van der Waals surface area contributed by atoms with E-state index in [9.17, 15) is 38.7 Å². The fraction of sp³-hybridized carbons (Fsp3) is 0.771. The normalized spacial score (nSPS) is 16.7. The summed E-state index contributed by atoms with van der Waals surface area (Å²) in [6, 6.07) is -6.16. The third-order valence-electron chi connectivity index (χ3n) is 9.08. The van der Waals surface area contributed by atoms with Gasteiger partial charge in [-0.1, -0.05) is 34.1 Å². The summed E-state index contributed by atoms with van der Waals surface area (Å²) in [5, 5.41) is 32.4. The van der Waals surface area contributed by atoms with Crippen LogP contribution < -0.4 is 54.8 Å². The molecule has 16 N–H and O–H groups in total. The number of carbonyl (C=O) groups is 7. The van der Waals surface area contributed by atoms with Crippen LogP contribution in [0, 0.1) is 17.2 Å². The quantitative estimate of drug-likeness (QED) is 0.0241. The van der Waals surface area contributed by atoms with Crippen molar-refractivity contribution in [3.63, 3.8) is 0 Å². The van der Waals surface area contributed by atoms with Gasteiger partial charge in [0.1, 0.15) is 30.2 Å². The minimum Gasteiger partial charge on any atom is -0.480 e. The molecule has 314 valence electrons. The molecule has 1 heterocycles. The maximum absolute atomic E-state index is 13.5. The molecule has 1 fully saturated rings. The van der Waals surface area contributed by atoms with E-state index in [-0.39, 0.29) is 56.6 Å². The molecule has 0 aromatic heterocycles. The molecule has 1 saturated heterocycles. The maximum atomic E-state index is 13.5. The standard InChI is InChI=1S/C35H66N12O8/c1-20(2)18-25(45-31(51)26-13-9-17-47(26)33(53)22(38)10-5-6-14-36)29(49)42-19-27(48)46-28(21(3)4)32(52)43-23(12-8-16-41-35(39)40)30(50)44-24(34(54)55)11-7-15-37/h20-26,28H,5-19,36-38H2,1-4H3,(H,42,49)(H,43,52)(H,44,50)(H,45,51)(H,46,48)(H,54,55)(H4,39,40,41)/t22-,23-,24-,25-,26-,28-/m0/s1. The Morgan fingerprint density at radius 3 is 2.00 bits per heavy atom. The Balaban J connectivity index is 2.97. The zero-order valence-electron chi connectivity index (χ0n) is 32.8. The van der Waals surface area contributed by atoms with E-state index in [4.69, 9.17) is 28.3 Å². The second-order valence-electron chi connectivity index (χ2n) is 14.7. The van der Waals surface area contributed by atoms with Gasteiger partial charge < -0.3 is 64.8 Å². The minimum atomic E-state index is -1.26. The van der Waals surface area contributed by atoms with E-state index in [0.717, 1.165) is 6.42 Å². The number of nitrogens with two attached hydrogens (primary N) is 4. The highest BCUT2D eigenvalue weighted by molar-refractivity contribution is 5.96. The van der Waals surface area contributed by atoms with Gasteiger partial charge in [-0.25, -0.2) is 4.79 Å². The van der Waals surface area contributed by atoms with Crippen LogP contribution in [-0.2, 0) is 33.6 Å². The maximum Gasteiger partial charge on any atom is 0.326 e. The Morgan fingerprint density at radius 1 is 0.782 bits per heavy atom. The number of hydrogen-bond acceptors (Lipinski definition) is 11. The van der Waals surface area contributed by atoms with E-state index in [1.54, 1.807) is 13.8 Å². The minimum absolute atomic E-state index is 0.0222. The lowest BCUT2D eigenvalue weighted by atomic mass is 10.0. The first-order valence-electron chi connectivity index (χ1n) is 19.2. The van der Waals surface area contributed by atoms with Gasteiger partial charge in [-0.15, -0.1) is 0 Å². The monoisotopic (exact) mass is 783 g/mol. The molecule has 0 bridgehead atoms. The molecule has 0 aromatic carbocycles. The van der Waals surface area contributed by atoms with E-state index >= 15 is 0 Å². The van der Waals surface area contributed by atoms with E-state index < -0.39 is 84.2 Å². The second-order valence-corrected chi connectivity index (χ2v) is 14.7. The molecule has 0 saturated carbocycles.